The van der Waals surface area contributed by atoms with Gasteiger partial charge in [-0.1, -0.05) is 6.92 Å². The lowest BCUT2D eigenvalue weighted by Crippen LogP contribution is -2.38. The molecule has 0 saturated carbocycles. The molecule has 0 aliphatic carbocycles. The van der Waals surface area contributed by atoms with Crippen molar-refractivity contribution in [1.29, 1.82) is 0 Å². The zero-order valence-electron chi connectivity index (χ0n) is 13.3. The molecule has 0 saturated heterocycles. The second-order valence-electron chi connectivity index (χ2n) is 5.94. The Morgan fingerprint density at radius 1 is 1.38 bits per heavy atom. The second-order valence-corrected chi connectivity index (χ2v) is 5.94. The largest absolute Gasteiger partial charge is 0.488 e. The lowest BCUT2D eigenvalue weighted by Gasteiger charge is -2.22. The van der Waals surface area contributed by atoms with E-state index in [0.29, 0.717) is 18.7 Å². The first-order valence-electron chi connectivity index (χ1n) is 7.11. The van der Waals surface area contributed by atoms with Crippen molar-refractivity contribution >= 4 is 6.09 Å². The van der Waals surface area contributed by atoms with Crippen LogP contribution in [0.4, 0.5) is 9.18 Å². The zero-order valence-corrected chi connectivity index (χ0v) is 13.3. The van der Waals surface area contributed by atoms with E-state index in [4.69, 9.17) is 9.47 Å². The fraction of sp³-hybridized carbons (Fsp3) is 0.562. The van der Waals surface area contributed by atoms with Crippen LogP contribution in [0.15, 0.2) is 18.2 Å². The zero-order chi connectivity index (χ0) is 16.0. The quantitative estimate of drug-likeness (QED) is 0.899. The molecule has 1 amide bonds. The number of nitrogens with one attached hydrogen (secondary N) is 1. The number of halogens is 1. The molecule has 1 unspecified atom stereocenters. The lowest BCUT2D eigenvalue weighted by molar-refractivity contribution is 0.0500. The molecule has 1 aromatic carbocycles. The number of ether oxygens (including phenoxy) is 2. The Labute approximate surface area is 125 Å². The van der Waals surface area contributed by atoms with Gasteiger partial charge >= 0.3 is 6.09 Å². The normalized spacial score (nSPS) is 12.7. The maximum absolute atomic E-state index is 13.0. The Bertz CT molecular complexity index is 483. The van der Waals surface area contributed by atoms with Gasteiger partial charge in [0.05, 0.1) is 6.54 Å². The molecule has 5 heteroatoms. The third-order valence-electron chi connectivity index (χ3n) is 2.76. The molecule has 0 spiro atoms. The van der Waals surface area contributed by atoms with Crippen LogP contribution in [0.2, 0.25) is 0 Å². The fourth-order valence-electron chi connectivity index (χ4n) is 1.71. The van der Waals surface area contributed by atoms with E-state index in [1.165, 1.54) is 12.1 Å². The number of carbonyl (C=O) groups excluding carboxylic acids is 1. The van der Waals surface area contributed by atoms with Crippen molar-refractivity contribution in [2.45, 2.75) is 52.7 Å². The van der Waals surface area contributed by atoms with Crippen molar-refractivity contribution in [3.63, 3.8) is 0 Å². The molecule has 118 valence electrons. The van der Waals surface area contributed by atoms with Gasteiger partial charge in [0, 0.05) is 0 Å². The molecule has 1 aromatic rings. The highest BCUT2D eigenvalue weighted by atomic mass is 19.1. The number of rotatable bonds is 5. The van der Waals surface area contributed by atoms with Gasteiger partial charge in [-0.05, 0) is 57.9 Å². The molecule has 0 fully saturated rings. The number of hydrogen-bond donors (Lipinski definition) is 1. The van der Waals surface area contributed by atoms with E-state index < -0.39 is 11.7 Å². The number of aryl methyl sites for hydroxylation is 1. The van der Waals surface area contributed by atoms with Crippen LogP contribution < -0.4 is 10.1 Å². The van der Waals surface area contributed by atoms with Gasteiger partial charge < -0.3 is 14.8 Å². The Kier molecular flexibility index (Phi) is 6.00. The SMILES string of the molecule is CCC(CNC(=O)OC(C)(C)C)Oc1ccc(F)cc1C. The van der Waals surface area contributed by atoms with E-state index in [9.17, 15) is 9.18 Å². The molecule has 21 heavy (non-hydrogen) atoms. The average molecular weight is 297 g/mol. The summed E-state index contributed by atoms with van der Waals surface area (Å²) in [6, 6.07) is 4.38. The van der Waals surface area contributed by atoms with Gasteiger partial charge in [0.25, 0.3) is 0 Å². The topological polar surface area (TPSA) is 47.6 Å². The molecule has 0 aliphatic rings. The number of alkyl carbamates (subject to hydrolysis) is 1. The Morgan fingerprint density at radius 3 is 2.57 bits per heavy atom. The van der Waals surface area contributed by atoms with Gasteiger partial charge in [0.15, 0.2) is 0 Å². The van der Waals surface area contributed by atoms with Crippen molar-refractivity contribution in [2.75, 3.05) is 6.54 Å². The Morgan fingerprint density at radius 2 is 2.05 bits per heavy atom. The maximum Gasteiger partial charge on any atom is 0.407 e. The summed E-state index contributed by atoms with van der Waals surface area (Å²) in [7, 11) is 0. The molecule has 1 rings (SSSR count). The Balaban J connectivity index is 2.54. The minimum atomic E-state index is -0.528. The van der Waals surface area contributed by atoms with Gasteiger partial charge in [-0.3, -0.25) is 0 Å². The molecule has 1 atom stereocenters. The highest BCUT2D eigenvalue weighted by molar-refractivity contribution is 5.67. The van der Waals surface area contributed by atoms with Gasteiger partial charge in [-0.15, -0.1) is 0 Å². The van der Waals surface area contributed by atoms with E-state index in [-0.39, 0.29) is 11.9 Å². The van der Waals surface area contributed by atoms with E-state index in [1.54, 1.807) is 13.0 Å². The average Bonchev–Trinajstić information content (AvgIpc) is 2.34. The molecule has 1 N–H and O–H groups in total. The second kappa shape index (κ2) is 7.29. The lowest BCUT2D eigenvalue weighted by atomic mass is 10.2. The molecule has 0 bridgehead atoms. The number of carbonyl (C=O) groups is 1. The van der Waals surface area contributed by atoms with Crippen LogP contribution >= 0.6 is 0 Å². The van der Waals surface area contributed by atoms with Crippen LogP contribution in [0.3, 0.4) is 0 Å². The van der Waals surface area contributed by atoms with Gasteiger partial charge in [0.1, 0.15) is 23.3 Å². The molecule has 0 radical (unpaired) electrons. The van der Waals surface area contributed by atoms with Crippen molar-refractivity contribution < 1.29 is 18.7 Å². The molecule has 4 nitrogen and oxygen atoms in total. The minimum absolute atomic E-state index is 0.193. The molecular formula is C16H24FNO3. The van der Waals surface area contributed by atoms with Crippen molar-refractivity contribution in [3.05, 3.63) is 29.6 Å². The van der Waals surface area contributed by atoms with E-state index in [0.717, 1.165) is 5.56 Å². The summed E-state index contributed by atoms with van der Waals surface area (Å²) < 4.78 is 24.0. The highest BCUT2D eigenvalue weighted by Gasteiger charge is 2.18. The van der Waals surface area contributed by atoms with Crippen LogP contribution in [-0.2, 0) is 4.74 Å². The third kappa shape index (κ3) is 6.47. The molecular weight excluding hydrogens is 273 g/mol. The molecule has 0 aliphatic heterocycles. The minimum Gasteiger partial charge on any atom is -0.488 e. The van der Waals surface area contributed by atoms with Crippen molar-refractivity contribution in [3.8, 4) is 5.75 Å². The summed E-state index contributed by atoms with van der Waals surface area (Å²) in [5.74, 6) is 0.328. The predicted molar refractivity (Wildman–Crippen MR) is 80.1 cm³/mol. The van der Waals surface area contributed by atoms with Crippen molar-refractivity contribution in [2.24, 2.45) is 0 Å². The summed E-state index contributed by atoms with van der Waals surface area (Å²) in [5.41, 5.74) is 0.200. The predicted octanol–water partition coefficient (Wildman–Crippen LogP) is 3.82. The summed E-state index contributed by atoms with van der Waals surface area (Å²) in [6.07, 6.45) is 0.0501. The van der Waals surface area contributed by atoms with Crippen LogP contribution in [0.25, 0.3) is 0 Å². The van der Waals surface area contributed by atoms with Crippen molar-refractivity contribution in [1.82, 2.24) is 5.32 Å². The first-order valence-corrected chi connectivity index (χ1v) is 7.11. The summed E-state index contributed by atoms with van der Waals surface area (Å²) in [6.45, 7) is 9.50. The van der Waals surface area contributed by atoms with E-state index >= 15 is 0 Å². The molecule has 0 heterocycles. The van der Waals surface area contributed by atoms with Crippen LogP contribution in [-0.4, -0.2) is 24.3 Å². The fourth-order valence-corrected chi connectivity index (χ4v) is 1.71. The smallest absolute Gasteiger partial charge is 0.407 e. The standard InChI is InChI=1S/C16H24FNO3/c1-6-13(10-18-15(19)21-16(3,4)5)20-14-8-7-12(17)9-11(14)2/h7-9,13H,6,10H2,1-5H3,(H,18,19). The summed E-state index contributed by atoms with van der Waals surface area (Å²) >= 11 is 0. The van der Waals surface area contributed by atoms with Crippen LogP contribution in [0, 0.1) is 12.7 Å². The maximum atomic E-state index is 13.0. The summed E-state index contributed by atoms with van der Waals surface area (Å²) in [4.78, 5) is 11.6. The summed E-state index contributed by atoms with van der Waals surface area (Å²) in [5, 5.41) is 2.68. The van der Waals surface area contributed by atoms with E-state index in [1.807, 2.05) is 27.7 Å². The first-order chi connectivity index (χ1) is 9.71. The number of hydrogen-bond acceptors (Lipinski definition) is 3. The number of benzene rings is 1. The molecule has 0 aromatic heterocycles. The van der Waals surface area contributed by atoms with Gasteiger partial charge in [-0.25, -0.2) is 9.18 Å². The Hall–Kier alpha value is -1.78. The van der Waals surface area contributed by atoms with E-state index in [2.05, 4.69) is 5.32 Å². The van der Waals surface area contributed by atoms with Gasteiger partial charge in [-0.2, -0.15) is 0 Å². The van der Waals surface area contributed by atoms with Crippen LogP contribution in [0.5, 0.6) is 5.75 Å². The van der Waals surface area contributed by atoms with Gasteiger partial charge in [0.2, 0.25) is 0 Å². The highest BCUT2D eigenvalue weighted by Crippen LogP contribution is 2.20. The monoisotopic (exact) mass is 297 g/mol. The first kappa shape index (κ1) is 17.3. The number of amides is 1. The third-order valence-corrected chi connectivity index (χ3v) is 2.76. The van der Waals surface area contributed by atoms with Crippen LogP contribution in [0.1, 0.15) is 39.7 Å².